The molecule has 7 heteroatoms. The van der Waals surface area contributed by atoms with Gasteiger partial charge in [0.2, 0.25) is 5.82 Å². The normalized spacial score (nSPS) is 10.7. The molecule has 2 rings (SSSR count). The SMILES string of the molecule is CNCc1nc(COc2cc(Br)cc(F)c2F)cs1. The maximum Gasteiger partial charge on any atom is 0.200 e. The smallest absolute Gasteiger partial charge is 0.200 e. The summed E-state index contributed by atoms with van der Waals surface area (Å²) in [5.74, 6) is -2.07. The van der Waals surface area contributed by atoms with E-state index in [2.05, 4.69) is 26.2 Å². The van der Waals surface area contributed by atoms with Gasteiger partial charge in [0.15, 0.2) is 11.6 Å². The number of nitrogens with one attached hydrogen (secondary N) is 1. The highest BCUT2D eigenvalue weighted by molar-refractivity contribution is 9.10. The molecule has 102 valence electrons. The standard InChI is InChI=1S/C12H11BrF2N2OS/c1-16-4-11-17-8(6-19-11)5-18-10-3-7(13)2-9(14)12(10)15/h2-3,6,16H,4-5H2,1H3. The zero-order valence-electron chi connectivity index (χ0n) is 10.0. The van der Waals surface area contributed by atoms with Crippen molar-refractivity contribution in [2.24, 2.45) is 0 Å². The highest BCUT2D eigenvalue weighted by atomic mass is 79.9. The Hall–Kier alpha value is -1.05. The molecule has 0 aliphatic heterocycles. The molecule has 3 nitrogen and oxygen atoms in total. The molecular weight excluding hydrogens is 338 g/mol. The van der Waals surface area contributed by atoms with Gasteiger partial charge in [0.25, 0.3) is 0 Å². The summed E-state index contributed by atoms with van der Waals surface area (Å²) in [5, 5.41) is 5.74. The van der Waals surface area contributed by atoms with Gasteiger partial charge in [0, 0.05) is 16.4 Å². The summed E-state index contributed by atoms with van der Waals surface area (Å²) in [5.41, 5.74) is 0.690. The molecule has 1 aromatic heterocycles. The van der Waals surface area contributed by atoms with Crippen LogP contribution >= 0.6 is 27.3 Å². The van der Waals surface area contributed by atoms with Crippen molar-refractivity contribution in [2.45, 2.75) is 13.2 Å². The molecule has 0 unspecified atom stereocenters. The van der Waals surface area contributed by atoms with Crippen LogP contribution < -0.4 is 10.1 Å². The van der Waals surface area contributed by atoms with Crippen LogP contribution in [0.3, 0.4) is 0 Å². The quantitative estimate of drug-likeness (QED) is 0.840. The zero-order chi connectivity index (χ0) is 13.8. The third-order valence-electron chi connectivity index (χ3n) is 2.26. The van der Waals surface area contributed by atoms with Gasteiger partial charge in [0.1, 0.15) is 11.6 Å². The highest BCUT2D eigenvalue weighted by Crippen LogP contribution is 2.26. The lowest BCUT2D eigenvalue weighted by Crippen LogP contribution is -2.05. The van der Waals surface area contributed by atoms with Crippen molar-refractivity contribution in [3.8, 4) is 5.75 Å². The number of halogens is 3. The second-order valence-electron chi connectivity index (χ2n) is 3.75. The molecule has 0 aliphatic carbocycles. The predicted molar refractivity (Wildman–Crippen MR) is 73.3 cm³/mol. The number of ether oxygens (including phenoxy) is 1. The molecule has 2 aromatic rings. The summed E-state index contributed by atoms with van der Waals surface area (Å²) in [6.45, 7) is 0.775. The predicted octanol–water partition coefficient (Wildman–Crippen LogP) is 3.48. The van der Waals surface area contributed by atoms with Crippen LogP contribution in [0.4, 0.5) is 8.78 Å². The molecule has 19 heavy (non-hydrogen) atoms. The van der Waals surface area contributed by atoms with Crippen molar-refractivity contribution in [3.63, 3.8) is 0 Å². The molecule has 0 amide bonds. The number of aromatic nitrogens is 1. The van der Waals surface area contributed by atoms with E-state index in [4.69, 9.17) is 4.74 Å². The van der Waals surface area contributed by atoms with E-state index in [-0.39, 0.29) is 12.4 Å². The summed E-state index contributed by atoms with van der Waals surface area (Å²) in [6.07, 6.45) is 0. The van der Waals surface area contributed by atoms with Gasteiger partial charge in [-0.3, -0.25) is 0 Å². The molecule has 1 heterocycles. The Morgan fingerprint density at radius 2 is 2.21 bits per heavy atom. The van der Waals surface area contributed by atoms with Crippen molar-refractivity contribution in [1.82, 2.24) is 10.3 Å². The first kappa shape index (κ1) is 14.4. The molecule has 0 saturated heterocycles. The Morgan fingerprint density at radius 3 is 2.95 bits per heavy atom. The molecular formula is C12H11BrF2N2OS. The highest BCUT2D eigenvalue weighted by Gasteiger charge is 2.12. The van der Waals surface area contributed by atoms with E-state index in [0.717, 1.165) is 11.1 Å². The van der Waals surface area contributed by atoms with Gasteiger partial charge in [-0.15, -0.1) is 11.3 Å². The number of nitrogens with zero attached hydrogens (tertiary/aromatic N) is 1. The fourth-order valence-electron chi connectivity index (χ4n) is 1.44. The van der Waals surface area contributed by atoms with Crippen molar-refractivity contribution >= 4 is 27.3 Å². The first-order valence-corrected chi connectivity index (χ1v) is 7.12. The van der Waals surface area contributed by atoms with Crippen molar-refractivity contribution in [3.05, 3.63) is 44.3 Å². The summed E-state index contributed by atoms with van der Waals surface area (Å²) in [7, 11) is 1.83. The average Bonchev–Trinajstić information content (AvgIpc) is 2.80. The summed E-state index contributed by atoms with van der Waals surface area (Å²) in [4.78, 5) is 4.29. The Kier molecular flexibility index (Phi) is 4.84. The van der Waals surface area contributed by atoms with Gasteiger partial charge in [-0.25, -0.2) is 9.37 Å². The molecule has 0 spiro atoms. The fourth-order valence-corrected chi connectivity index (χ4v) is 2.64. The van der Waals surface area contributed by atoms with Crippen LogP contribution in [0.5, 0.6) is 5.75 Å². The lowest BCUT2D eigenvalue weighted by atomic mass is 10.3. The van der Waals surface area contributed by atoms with Gasteiger partial charge in [-0.2, -0.15) is 4.39 Å². The molecule has 0 aliphatic rings. The zero-order valence-corrected chi connectivity index (χ0v) is 12.4. The molecule has 1 aromatic carbocycles. The largest absolute Gasteiger partial charge is 0.484 e. The van der Waals surface area contributed by atoms with Crippen LogP contribution in [-0.4, -0.2) is 12.0 Å². The number of thiazole rings is 1. The maximum atomic E-state index is 13.5. The summed E-state index contributed by atoms with van der Waals surface area (Å²) >= 11 is 4.58. The van der Waals surface area contributed by atoms with E-state index in [1.807, 2.05) is 12.4 Å². The minimum atomic E-state index is -0.992. The van der Waals surface area contributed by atoms with Gasteiger partial charge in [-0.1, -0.05) is 15.9 Å². The number of benzene rings is 1. The van der Waals surface area contributed by atoms with E-state index < -0.39 is 11.6 Å². The summed E-state index contributed by atoms with van der Waals surface area (Å²) < 4.78 is 32.3. The minimum Gasteiger partial charge on any atom is -0.484 e. The number of rotatable bonds is 5. The fraction of sp³-hybridized carbons (Fsp3) is 0.250. The Balaban J connectivity index is 2.05. The number of hydrogen-bond acceptors (Lipinski definition) is 4. The van der Waals surface area contributed by atoms with E-state index in [9.17, 15) is 8.78 Å². The third kappa shape index (κ3) is 3.71. The van der Waals surface area contributed by atoms with Crippen LogP contribution in [0.2, 0.25) is 0 Å². The van der Waals surface area contributed by atoms with Crippen molar-refractivity contribution in [2.75, 3.05) is 7.05 Å². The van der Waals surface area contributed by atoms with Crippen molar-refractivity contribution < 1.29 is 13.5 Å². The minimum absolute atomic E-state index is 0.104. The third-order valence-corrected chi connectivity index (χ3v) is 3.62. The van der Waals surface area contributed by atoms with E-state index in [1.54, 1.807) is 0 Å². The molecule has 0 saturated carbocycles. The number of hydrogen-bond donors (Lipinski definition) is 1. The molecule has 1 N–H and O–H groups in total. The van der Waals surface area contributed by atoms with Gasteiger partial charge < -0.3 is 10.1 Å². The summed E-state index contributed by atoms with van der Waals surface area (Å²) in [6, 6.07) is 2.44. The molecule has 0 atom stereocenters. The van der Waals surface area contributed by atoms with Crippen LogP contribution in [-0.2, 0) is 13.2 Å². The Morgan fingerprint density at radius 1 is 1.42 bits per heavy atom. The second kappa shape index (κ2) is 6.40. The lowest BCUT2D eigenvalue weighted by Gasteiger charge is -2.06. The average molecular weight is 349 g/mol. The molecule has 0 radical (unpaired) electrons. The molecule has 0 bridgehead atoms. The van der Waals surface area contributed by atoms with Gasteiger partial charge in [-0.05, 0) is 19.2 Å². The van der Waals surface area contributed by atoms with Gasteiger partial charge >= 0.3 is 0 Å². The lowest BCUT2D eigenvalue weighted by molar-refractivity contribution is 0.280. The monoisotopic (exact) mass is 348 g/mol. The first-order valence-electron chi connectivity index (χ1n) is 5.45. The second-order valence-corrected chi connectivity index (χ2v) is 5.61. The van der Waals surface area contributed by atoms with E-state index in [1.165, 1.54) is 17.4 Å². The van der Waals surface area contributed by atoms with E-state index in [0.29, 0.717) is 16.7 Å². The van der Waals surface area contributed by atoms with Crippen LogP contribution in [0.15, 0.2) is 22.0 Å². The first-order chi connectivity index (χ1) is 9.10. The van der Waals surface area contributed by atoms with Crippen LogP contribution in [0, 0.1) is 11.6 Å². The van der Waals surface area contributed by atoms with Gasteiger partial charge in [0.05, 0.1) is 5.69 Å². The van der Waals surface area contributed by atoms with Crippen LogP contribution in [0.1, 0.15) is 10.7 Å². The Bertz CT molecular complexity index is 577. The Labute approximate surface area is 121 Å². The van der Waals surface area contributed by atoms with Crippen molar-refractivity contribution in [1.29, 1.82) is 0 Å². The van der Waals surface area contributed by atoms with E-state index >= 15 is 0 Å². The topological polar surface area (TPSA) is 34.2 Å². The molecule has 0 fully saturated rings. The maximum absolute atomic E-state index is 13.5. The van der Waals surface area contributed by atoms with Crippen LogP contribution in [0.25, 0.3) is 0 Å².